The van der Waals surface area contributed by atoms with Gasteiger partial charge in [0.05, 0.1) is 12.9 Å². The lowest BCUT2D eigenvalue weighted by Gasteiger charge is -2.02. The van der Waals surface area contributed by atoms with Crippen LogP contribution in [0, 0.1) is 6.92 Å². The summed E-state index contributed by atoms with van der Waals surface area (Å²) in [6.07, 6.45) is 1.53. The number of hydrogen-bond donors (Lipinski definition) is 0. The molecule has 0 bridgehead atoms. The van der Waals surface area contributed by atoms with Gasteiger partial charge in [-0.15, -0.1) is 0 Å². The molecular weight excluding hydrogens is 342 g/mol. The van der Waals surface area contributed by atoms with Crippen molar-refractivity contribution < 1.29 is 8.83 Å². The lowest BCUT2D eigenvalue weighted by Crippen LogP contribution is -2.21. The van der Waals surface area contributed by atoms with Gasteiger partial charge in [0.2, 0.25) is 11.5 Å². The molecule has 3 heterocycles. The first-order valence-electron chi connectivity index (χ1n) is 8.59. The lowest BCUT2D eigenvalue weighted by atomic mass is 10.2. The van der Waals surface area contributed by atoms with E-state index in [4.69, 9.17) is 8.83 Å². The largest absolute Gasteiger partial charge is 0.448 e. The van der Waals surface area contributed by atoms with Gasteiger partial charge in [-0.05, 0) is 31.2 Å². The topological polar surface area (TPSA) is 74.1 Å². The van der Waals surface area contributed by atoms with Gasteiger partial charge in [0, 0.05) is 10.9 Å². The Balaban J connectivity index is 1.57. The molecular formula is C21H15N3O3. The number of oxazole rings is 1. The Hall–Kier alpha value is -3.67. The SMILES string of the molecule is Cc1oc(-c2ccccc2)nc1Cn1cnc2c(oc3ccccc32)c1=O. The van der Waals surface area contributed by atoms with E-state index in [9.17, 15) is 4.79 Å². The second-order valence-electron chi connectivity index (χ2n) is 6.34. The average molecular weight is 357 g/mol. The summed E-state index contributed by atoms with van der Waals surface area (Å²) in [7, 11) is 0. The number of rotatable bonds is 3. The van der Waals surface area contributed by atoms with Crippen LogP contribution in [0.1, 0.15) is 11.5 Å². The number of hydrogen-bond acceptors (Lipinski definition) is 5. The average Bonchev–Trinajstić information content (AvgIpc) is 3.26. The molecule has 27 heavy (non-hydrogen) atoms. The van der Waals surface area contributed by atoms with Crippen molar-refractivity contribution in [3.8, 4) is 11.5 Å². The zero-order valence-electron chi connectivity index (χ0n) is 14.5. The molecule has 0 radical (unpaired) electrons. The fraction of sp³-hybridized carbons (Fsp3) is 0.0952. The van der Waals surface area contributed by atoms with Gasteiger partial charge in [-0.2, -0.15) is 0 Å². The van der Waals surface area contributed by atoms with Gasteiger partial charge < -0.3 is 8.83 Å². The van der Waals surface area contributed by atoms with E-state index in [-0.39, 0.29) is 17.7 Å². The highest BCUT2D eigenvalue weighted by Gasteiger charge is 2.16. The summed E-state index contributed by atoms with van der Waals surface area (Å²) in [4.78, 5) is 21.8. The minimum Gasteiger partial charge on any atom is -0.448 e. The van der Waals surface area contributed by atoms with Crippen molar-refractivity contribution in [2.24, 2.45) is 0 Å². The van der Waals surface area contributed by atoms with Crippen molar-refractivity contribution in [1.82, 2.24) is 14.5 Å². The summed E-state index contributed by atoms with van der Waals surface area (Å²) in [5.41, 5.74) is 2.83. The molecule has 0 fully saturated rings. The summed E-state index contributed by atoms with van der Waals surface area (Å²) < 4.78 is 13.0. The minimum absolute atomic E-state index is 0.236. The van der Waals surface area contributed by atoms with Crippen molar-refractivity contribution in [1.29, 1.82) is 0 Å². The maximum absolute atomic E-state index is 12.9. The zero-order chi connectivity index (χ0) is 18.4. The number of aryl methyl sites for hydroxylation is 1. The number of para-hydroxylation sites is 1. The van der Waals surface area contributed by atoms with Gasteiger partial charge in [0.15, 0.2) is 0 Å². The Morgan fingerprint density at radius 2 is 1.78 bits per heavy atom. The monoisotopic (exact) mass is 357 g/mol. The van der Waals surface area contributed by atoms with Gasteiger partial charge in [-0.3, -0.25) is 9.36 Å². The molecule has 3 aromatic heterocycles. The van der Waals surface area contributed by atoms with E-state index < -0.39 is 0 Å². The minimum atomic E-state index is -0.236. The third-order valence-corrected chi connectivity index (χ3v) is 4.58. The smallest absolute Gasteiger partial charge is 0.297 e. The molecule has 0 aliphatic heterocycles. The van der Waals surface area contributed by atoms with Gasteiger partial charge in [0.1, 0.15) is 22.6 Å². The van der Waals surface area contributed by atoms with Crippen LogP contribution in [-0.4, -0.2) is 14.5 Å². The number of benzene rings is 2. The Bertz CT molecular complexity index is 1330. The highest BCUT2D eigenvalue weighted by atomic mass is 16.4. The van der Waals surface area contributed by atoms with E-state index in [1.54, 1.807) is 0 Å². The molecule has 0 spiro atoms. The Morgan fingerprint density at radius 1 is 1.00 bits per heavy atom. The Labute approximate surface area is 153 Å². The van der Waals surface area contributed by atoms with Crippen molar-refractivity contribution >= 4 is 22.1 Å². The van der Waals surface area contributed by atoms with Crippen molar-refractivity contribution in [2.45, 2.75) is 13.5 Å². The molecule has 5 rings (SSSR count). The van der Waals surface area contributed by atoms with Crippen molar-refractivity contribution in [2.75, 3.05) is 0 Å². The predicted octanol–water partition coefficient (Wildman–Crippen LogP) is 4.15. The van der Waals surface area contributed by atoms with Crippen LogP contribution in [0.3, 0.4) is 0 Å². The number of fused-ring (bicyclic) bond motifs is 3. The standard InChI is InChI=1S/C21H15N3O3/c1-13-16(23-20(26-13)14-7-3-2-4-8-14)11-24-12-22-18-15-9-5-6-10-17(15)27-19(18)21(24)25/h2-10,12H,11H2,1H3. The first-order chi connectivity index (χ1) is 13.2. The summed E-state index contributed by atoms with van der Waals surface area (Å²) in [6.45, 7) is 2.11. The maximum Gasteiger partial charge on any atom is 0.297 e. The molecule has 0 unspecified atom stereocenters. The third kappa shape index (κ3) is 2.54. The number of nitrogens with zero attached hydrogens (tertiary/aromatic N) is 3. The quantitative estimate of drug-likeness (QED) is 0.485. The highest BCUT2D eigenvalue weighted by Crippen LogP contribution is 2.25. The molecule has 0 N–H and O–H groups in total. The molecule has 0 aliphatic carbocycles. The second-order valence-corrected chi connectivity index (χ2v) is 6.34. The van der Waals surface area contributed by atoms with E-state index in [2.05, 4.69) is 9.97 Å². The van der Waals surface area contributed by atoms with Crippen LogP contribution in [0.25, 0.3) is 33.5 Å². The van der Waals surface area contributed by atoms with Gasteiger partial charge in [-0.1, -0.05) is 30.3 Å². The van der Waals surface area contributed by atoms with Crippen LogP contribution in [0.5, 0.6) is 0 Å². The molecule has 0 amide bonds. The third-order valence-electron chi connectivity index (χ3n) is 4.58. The molecule has 0 saturated heterocycles. The molecule has 0 saturated carbocycles. The fourth-order valence-corrected chi connectivity index (χ4v) is 3.17. The summed E-state index contributed by atoms with van der Waals surface area (Å²) >= 11 is 0. The maximum atomic E-state index is 12.9. The summed E-state index contributed by atoms with van der Waals surface area (Å²) in [5.74, 6) is 1.21. The van der Waals surface area contributed by atoms with Gasteiger partial charge in [0.25, 0.3) is 5.56 Å². The summed E-state index contributed by atoms with van der Waals surface area (Å²) in [6, 6.07) is 17.2. The lowest BCUT2D eigenvalue weighted by molar-refractivity contribution is 0.537. The van der Waals surface area contributed by atoms with E-state index in [1.807, 2.05) is 61.5 Å². The van der Waals surface area contributed by atoms with Crippen LogP contribution < -0.4 is 5.56 Å². The van der Waals surface area contributed by atoms with Crippen LogP contribution in [0.2, 0.25) is 0 Å². The van der Waals surface area contributed by atoms with Crippen LogP contribution in [0.15, 0.2) is 74.6 Å². The molecule has 132 valence electrons. The first-order valence-corrected chi connectivity index (χ1v) is 8.59. The molecule has 0 aliphatic rings. The highest BCUT2D eigenvalue weighted by molar-refractivity contribution is 6.01. The Kier molecular flexibility index (Phi) is 3.43. The number of furan rings is 1. The normalized spacial score (nSPS) is 11.4. The first kappa shape index (κ1) is 15.6. The van der Waals surface area contributed by atoms with E-state index in [0.717, 1.165) is 10.9 Å². The van der Waals surface area contributed by atoms with E-state index in [0.29, 0.717) is 28.4 Å². The molecule has 6 heteroatoms. The van der Waals surface area contributed by atoms with Crippen LogP contribution in [-0.2, 0) is 6.54 Å². The van der Waals surface area contributed by atoms with Gasteiger partial charge in [-0.25, -0.2) is 9.97 Å². The zero-order valence-corrected chi connectivity index (χ0v) is 14.5. The Morgan fingerprint density at radius 3 is 2.63 bits per heavy atom. The van der Waals surface area contributed by atoms with Crippen molar-refractivity contribution in [3.05, 3.63) is 82.7 Å². The fourth-order valence-electron chi connectivity index (χ4n) is 3.17. The second kappa shape index (κ2) is 5.95. The molecule has 2 aromatic carbocycles. The van der Waals surface area contributed by atoms with Gasteiger partial charge >= 0.3 is 0 Å². The number of aromatic nitrogens is 3. The summed E-state index contributed by atoms with van der Waals surface area (Å²) in [5, 5.41) is 0.834. The van der Waals surface area contributed by atoms with E-state index in [1.165, 1.54) is 10.9 Å². The van der Waals surface area contributed by atoms with Crippen LogP contribution >= 0.6 is 0 Å². The van der Waals surface area contributed by atoms with Crippen LogP contribution in [0.4, 0.5) is 0 Å². The van der Waals surface area contributed by atoms with Crippen molar-refractivity contribution in [3.63, 3.8) is 0 Å². The predicted molar refractivity (Wildman–Crippen MR) is 102 cm³/mol. The molecule has 0 atom stereocenters. The van der Waals surface area contributed by atoms with E-state index >= 15 is 0 Å². The molecule has 6 nitrogen and oxygen atoms in total. The molecule has 5 aromatic rings.